The number of thiophene rings is 1. The standard InChI is InChI=1S/C39H33N3O2S/c1-43-34-18-10-28(11-19-34)25-36(29-16-20-35(21-17-29)44-23-6-22-40)38(30-7-3-2-4-8-30)31-12-14-32(15-13-31)39(33(26-41)27-42)37-9-5-24-45-37/h2-5,7-21,24H,6,22-23,25,40H2,1H3. The molecule has 5 rings (SSSR count). The van der Waals surface area contributed by atoms with Crippen LogP contribution in [-0.2, 0) is 6.42 Å². The molecule has 0 saturated heterocycles. The summed E-state index contributed by atoms with van der Waals surface area (Å²) in [6, 6.07) is 43.0. The molecule has 0 saturated carbocycles. The van der Waals surface area contributed by atoms with Crippen LogP contribution in [0.15, 0.2) is 126 Å². The Morgan fingerprint density at radius 1 is 0.689 bits per heavy atom. The lowest BCUT2D eigenvalue weighted by atomic mass is 9.85. The van der Waals surface area contributed by atoms with Crippen molar-refractivity contribution in [3.63, 3.8) is 0 Å². The number of nitrogens with zero attached hydrogens (tertiary/aromatic N) is 2. The molecule has 0 unspecified atom stereocenters. The number of nitriles is 2. The van der Waals surface area contributed by atoms with Gasteiger partial charge >= 0.3 is 0 Å². The molecule has 1 heterocycles. The lowest BCUT2D eigenvalue weighted by Gasteiger charge is -2.19. The van der Waals surface area contributed by atoms with Crippen LogP contribution in [0.25, 0.3) is 16.7 Å². The van der Waals surface area contributed by atoms with E-state index in [4.69, 9.17) is 15.2 Å². The van der Waals surface area contributed by atoms with Crippen molar-refractivity contribution in [2.45, 2.75) is 12.8 Å². The van der Waals surface area contributed by atoms with Crippen LogP contribution in [0.4, 0.5) is 0 Å². The van der Waals surface area contributed by atoms with Gasteiger partial charge in [0.1, 0.15) is 29.2 Å². The number of benzene rings is 4. The molecule has 0 amide bonds. The van der Waals surface area contributed by atoms with Crippen molar-refractivity contribution in [2.24, 2.45) is 5.73 Å². The molecule has 5 aromatic rings. The maximum absolute atomic E-state index is 9.74. The number of hydrogen-bond donors (Lipinski definition) is 1. The predicted octanol–water partition coefficient (Wildman–Crippen LogP) is 8.54. The molecule has 0 aliphatic carbocycles. The normalized spacial score (nSPS) is 11.1. The van der Waals surface area contributed by atoms with E-state index in [1.807, 2.05) is 72.1 Å². The number of ether oxygens (including phenoxy) is 2. The number of rotatable bonds is 12. The molecule has 5 nitrogen and oxygen atoms in total. The Kier molecular flexibility index (Phi) is 10.6. The number of nitrogens with two attached hydrogens (primary N) is 1. The summed E-state index contributed by atoms with van der Waals surface area (Å²) in [6.45, 7) is 1.16. The van der Waals surface area contributed by atoms with Crippen molar-refractivity contribution in [2.75, 3.05) is 20.3 Å². The quantitative estimate of drug-likeness (QED) is 0.0872. The molecule has 45 heavy (non-hydrogen) atoms. The molecule has 0 bridgehead atoms. The maximum atomic E-state index is 9.74. The van der Waals surface area contributed by atoms with E-state index in [0.717, 1.165) is 61.8 Å². The third-order valence-electron chi connectivity index (χ3n) is 7.43. The van der Waals surface area contributed by atoms with Gasteiger partial charge in [0.05, 0.1) is 13.7 Å². The molecule has 2 N–H and O–H groups in total. The molecule has 0 radical (unpaired) electrons. The largest absolute Gasteiger partial charge is 0.497 e. The Morgan fingerprint density at radius 3 is 1.87 bits per heavy atom. The fraction of sp³-hybridized carbons (Fsp3) is 0.128. The van der Waals surface area contributed by atoms with Crippen LogP contribution >= 0.6 is 11.3 Å². The predicted molar refractivity (Wildman–Crippen MR) is 183 cm³/mol. The highest BCUT2D eigenvalue weighted by atomic mass is 32.1. The topological polar surface area (TPSA) is 92.1 Å². The van der Waals surface area contributed by atoms with E-state index in [-0.39, 0.29) is 5.57 Å². The van der Waals surface area contributed by atoms with Gasteiger partial charge in [-0.3, -0.25) is 0 Å². The average molecular weight is 608 g/mol. The summed E-state index contributed by atoms with van der Waals surface area (Å²) in [5.74, 6) is 1.62. The van der Waals surface area contributed by atoms with Crippen molar-refractivity contribution >= 4 is 28.1 Å². The van der Waals surface area contributed by atoms with E-state index in [2.05, 4.69) is 60.7 Å². The average Bonchev–Trinajstić information content (AvgIpc) is 3.63. The Hall–Kier alpha value is -5.40. The van der Waals surface area contributed by atoms with Crippen molar-refractivity contribution in [3.05, 3.63) is 159 Å². The second kappa shape index (κ2) is 15.4. The van der Waals surface area contributed by atoms with E-state index in [1.54, 1.807) is 7.11 Å². The molecule has 0 aliphatic rings. The van der Waals surface area contributed by atoms with Crippen molar-refractivity contribution in [1.29, 1.82) is 10.5 Å². The molecule has 222 valence electrons. The van der Waals surface area contributed by atoms with Gasteiger partial charge in [-0.25, -0.2) is 0 Å². The second-order valence-electron chi connectivity index (χ2n) is 10.3. The summed E-state index contributed by atoms with van der Waals surface area (Å²) >= 11 is 1.51. The van der Waals surface area contributed by atoms with Crippen LogP contribution in [0.1, 0.15) is 39.1 Å². The van der Waals surface area contributed by atoms with Gasteiger partial charge in [0.2, 0.25) is 0 Å². The molecule has 6 heteroatoms. The summed E-state index contributed by atoms with van der Waals surface area (Å²) < 4.78 is 11.3. The molecule has 0 aliphatic heterocycles. The minimum absolute atomic E-state index is 0.0954. The maximum Gasteiger partial charge on any atom is 0.138 e. The lowest BCUT2D eigenvalue weighted by molar-refractivity contribution is 0.313. The van der Waals surface area contributed by atoms with Crippen molar-refractivity contribution in [1.82, 2.24) is 0 Å². The molecular formula is C39H33N3O2S. The fourth-order valence-corrected chi connectivity index (χ4v) is 6.00. The number of allylic oxidation sites excluding steroid dienone is 2. The Morgan fingerprint density at radius 2 is 1.29 bits per heavy atom. The Labute approximate surface area is 268 Å². The first kappa shape index (κ1) is 31.0. The van der Waals surface area contributed by atoms with Crippen LogP contribution in [0.2, 0.25) is 0 Å². The highest BCUT2D eigenvalue weighted by Crippen LogP contribution is 2.37. The second-order valence-corrected chi connectivity index (χ2v) is 11.2. The van der Waals surface area contributed by atoms with Gasteiger partial charge in [-0.1, -0.05) is 84.9 Å². The first-order valence-corrected chi connectivity index (χ1v) is 15.6. The molecule has 0 spiro atoms. The Bertz CT molecular complexity index is 1830. The van der Waals surface area contributed by atoms with Crippen molar-refractivity contribution in [3.8, 4) is 23.6 Å². The smallest absolute Gasteiger partial charge is 0.138 e. The Balaban J connectivity index is 1.67. The first-order chi connectivity index (χ1) is 22.1. The van der Waals surface area contributed by atoms with Crippen LogP contribution in [0, 0.1) is 22.7 Å². The van der Waals surface area contributed by atoms with Gasteiger partial charge in [-0.2, -0.15) is 10.5 Å². The van der Waals surface area contributed by atoms with Crippen LogP contribution < -0.4 is 15.2 Å². The summed E-state index contributed by atoms with van der Waals surface area (Å²) in [5, 5.41) is 21.4. The van der Waals surface area contributed by atoms with Crippen LogP contribution in [0.5, 0.6) is 11.5 Å². The minimum atomic E-state index is 0.0954. The molecule has 0 atom stereocenters. The van der Waals surface area contributed by atoms with Gasteiger partial charge in [0.25, 0.3) is 0 Å². The van der Waals surface area contributed by atoms with E-state index in [9.17, 15) is 10.5 Å². The third-order valence-corrected chi connectivity index (χ3v) is 8.31. The van der Waals surface area contributed by atoms with Gasteiger partial charge in [0, 0.05) is 10.5 Å². The molecule has 4 aromatic carbocycles. The van der Waals surface area contributed by atoms with Gasteiger partial charge < -0.3 is 15.2 Å². The monoisotopic (exact) mass is 607 g/mol. The van der Waals surface area contributed by atoms with E-state index >= 15 is 0 Å². The summed E-state index contributed by atoms with van der Waals surface area (Å²) in [5.41, 5.74) is 13.8. The highest BCUT2D eigenvalue weighted by molar-refractivity contribution is 7.11. The SMILES string of the molecule is COc1ccc(CC(=C(c2ccccc2)c2ccc(C(=C(C#N)C#N)c3cccs3)cc2)c2ccc(OCCCN)cc2)cc1. The zero-order chi connectivity index (χ0) is 31.4. The summed E-state index contributed by atoms with van der Waals surface area (Å²) in [7, 11) is 1.67. The zero-order valence-electron chi connectivity index (χ0n) is 25.1. The van der Waals surface area contributed by atoms with Gasteiger partial charge in [-0.15, -0.1) is 11.3 Å². The minimum Gasteiger partial charge on any atom is -0.497 e. The fourth-order valence-electron chi connectivity index (χ4n) is 5.20. The highest BCUT2D eigenvalue weighted by Gasteiger charge is 2.18. The molecule has 1 aromatic heterocycles. The van der Waals surface area contributed by atoms with Crippen molar-refractivity contribution < 1.29 is 9.47 Å². The van der Waals surface area contributed by atoms with E-state index in [1.165, 1.54) is 11.3 Å². The summed E-state index contributed by atoms with van der Waals surface area (Å²) in [4.78, 5) is 0.883. The number of hydrogen-bond acceptors (Lipinski definition) is 6. The molecule has 0 fully saturated rings. The zero-order valence-corrected chi connectivity index (χ0v) is 25.9. The third kappa shape index (κ3) is 7.58. The lowest BCUT2D eigenvalue weighted by Crippen LogP contribution is -2.06. The van der Waals surface area contributed by atoms with E-state index < -0.39 is 0 Å². The molecular weight excluding hydrogens is 575 g/mol. The summed E-state index contributed by atoms with van der Waals surface area (Å²) in [6.07, 6.45) is 1.48. The van der Waals surface area contributed by atoms with Crippen LogP contribution in [-0.4, -0.2) is 20.3 Å². The first-order valence-electron chi connectivity index (χ1n) is 14.7. The van der Waals surface area contributed by atoms with Crippen LogP contribution in [0.3, 0.4) is 0 Å². The van der Waals surface area contributed by atoms with Gasteiger partial charge in [-0.05, 0) is 94.1 Å². The number of methoxy groups -OCH3 is 1. The van der Waals surface area contributed by atoms with E-state index in [0.29, 0.717) is 25.1 Å². The van der Waals surface area contributed by atoms with Gasteiger partial charge in [0.15, 0.2) is 0 Å².